The highest BCUT2D eigenvalue weighted by Gasteiger charge is 2.19. The molecule has 0 aromatic carbocycles. The van der Waals surface area contributed by atoms with Gasteiger partial charge < -0.3 is 24.3 Å². The summed E-state index contributed by atoms with van der Waals surface area (Å²) in [7, 11) is 1.65. The topological polar surface area (TPSA) is 81.5 Å². The monoisotopic (exact) mass is 297 g/mol. The molecule has 2 rings (SSSR count). The van der Waals surface area contributed by atoms with Crippen LogP contribution in [0, 0.1) is 0 Å². The fraction of sp³-hybridized carbons (Fsp3) is 0.769. The quantitative estimate of drug-likeness (QED) is 0.842. The number of nitrogens with one attached hydrogen (secondary N) is 1. The van der Waals surface area contributed by atoms with Gasteiger partial charge in [-0.05, 0) is 13.3 Å². The van der Waals surface area contributed by atoms with Gasteiger partial charge in [0.05, 0.1) is 19.3 Å². The normalized spacial score (nSPS) is 19.3. The fourth-order valence-electron chi connectivity index (χ4n) is 2.24. The molecule has 1 saturated heterocycles. The Hall–Kier alpha value is -1.67. The molecule has 118 valence electrons. The maximum atomic E-state index is 12.2. The van der Waals surface area contributed by atoms with Gasteiger partial charge in [0.1, 0.15) is 6.33 Å². The summed E-state index contributed by atoms with van der Waals surface area (Å²) in [4.78, 5) is 14.0. The molecule has 1 aliphatic heterocycles. The first-order valence-electron chi connectivity index (χ1n) is 7.20. The number of hydrogen-bond donors (Lipinski definition) is 1. The van der Waals surface area contributed by atoms with Crippen molar-refractivity contribution in [3.8, 4) is 0 Å². The molecule has 1 aliphatic rings. The van der Waals surface area contributed by atoms with Crippen molar-refractivity contribution >= 4 is 6.03 Å². The molecular weight excluding hydrogens is 274 g/mol. The second-order valence-corrected chi connectivity index (χ2v) is 5.07. The number of ether oxygens (including phenoxy) is 2. The van der Waals surface area contributed by atoms with Crippen molar-refractivity contribution in [1.82, 2.24) is 25.0 Å². The molecule has 0 radical (unpaired) electrons. The second kappa shape index (κ2) is 7.94. The third-order valence-corrected chi connectivity index (χ3v) is 3.37. The highest BCUT2D eigenvalue weighted by Crippen LogP contribution is 2.05. The number of rotatable bonds is 5. The molecule has 0 unspecified atom stereocenters. The van der Waals surface area contributed by atoms with E-state index >= 15 is 0 Å². The zero-order chi connectivity index (χ0) is 15.1. The van der Waals surface area contributed by atoms with Gasteiger partial charge in [0, 0.05) is 33.4 Å². The molecule has 8 nitrogen and oxygen atoms in total. The van der Waals surface area contributed by atoms with E-state index < -0.39 is 0 Å². The highest BCUT2D eigenvalue weighted by molar-refractivity contribution is 5.74. The molecule has 1 N–H and O–H groups in total. The van der Waals surface area contributed by atoms with Crippen LogP contribution in [0.2, 0.25) is 0 Å². The van der Waals surface area contributed by atoms with Gasteiger partial charge >= 0.3 is 6.03 Å². The van der Waals surface area contributed by atoms with E-state index in [0.29, 0.717) is 39.4 Å². The van der Waals surface area contributed by atoms with Gasteiger partial charge in [0.15, 0.2) is 5.82 Å². The van der Waals surface area contributed by atoms with Gasteiger partial charge in [-0.1, -0.05) is 0 Å². The second-order valence-electron chi connectivity index (χ2n) is 5.07. The first kappa shape index (κ1) is 15.7. The Morgan fingerprint density at radius 2 is 2.48 bits per heavy atom. The van der Waals surface area contributed by atoms with Crippen LogP contribution in [0.25, 0.3) is 0 Å². The first-order valence-corrected chi connectivity index (χ1v) is 7.20. The van der Waals surface area contributed by atoms with Crippen LogP contribution < -0.4 is 5.32 Å². The van der Waals surface area contributed by atoms with Crippen molar-refractivity contribution < 1.29 is 14.3 Å². The van der Waals surface area contributed by atoms with Crippen LogP contribution >= 0.6 is 0 Å². The van der Waals surface area contributed by atoms with E-state index in [1.54, 1.807) is 18.3 Å². The lowest BCUT2D eigenvalue weighted by atomic mass is 10.3. The molecule has 1 atom stereocenters. The smallest absolute Gasteiger partial charge is 0.317 e. The molecule has 0 saturated carbocycles. The van der Waals surface area contributed by atoms with Gasteiger partial charge in [0.2, 0.25) is 0 Å². The maximum Gasteiger partial charge on any atom is 0.317 e. The molecule has 1 fully saturated rings. The zero-order valence-electron chi connectivity index (χ0n) is 12.6. The number of amides is 2. The largest absolute Gasteiger partial charge is 0.383 e. The lowest BCUT2D eigenvalue weighted by Crippen LogP contribution is -2.42. The minimum absolute atomic E-state index is 0.0728. The highest BCUT2D eigenvalue weighted by atomic mass is 16.5. The van der Waals surface area contributed by atoms with E-state index in [2.05, 4.69) is 15.5 Å². The number of methoxy groups -OCH3 is 1. The molecule has 0 bridgehead atoms. The van der Waals surface area contributed by atoms with Crippen LogP contribution in [0.4, 0.5) is 4.79 Å². The SMILES string of the molecule is COCCn1cnnc1CNC(=O)N1CCCO[C@@H](C)C1. The van der Waals surface area contributed by atoms with E-state index in [9.17, 15) is 4.79 Å². The summed E-state index contributed by atoms with van der Waals surface area (Å²) >= 11 is 0. The number of carbonyl (C=O) groups is 1. The Morgan fingerprint density at radius 1 is 1.62 bits per heavy atom. The van der Waals surface area contributed by atoms with Crippen molar-refractivity contribution in [2.75, 3.05) is 33.4 Å². The van der Waals surface area contributed by atoms with E-state index in [1.165, 1.54) is 0 Å². The third kappa shape index (κ3) is 4.68. The predicted octanol–water partition coefficient (Wildman–Crippen LogP) is 0.245. The number of urea groups is 1. The summed E-state index contributed by atoms with van der Waals surface area (Å²) in [5.41, 5.74) is 0. The van der Waals surface area contributed by atoms with Gasteiger partial charge in [-0.2, -0.15) is 0 Å². The van der Waals surface area contributed by atoms with Crippen LogP contribution in [0.3, 0.4) is 0 Å². The molecule has 8 heteroatoms. The average Bonchev–Trinajstić information content (AvgIpc) is 2.81. The summed E-state index contributed by atoms with van der Waals surface area (Å²) in [6.07, 6.45) is 2.58. The van der Waals surface area contributed by atoms with Crippen LogP contribution in [0.1, 0.15) is 19.2 Å². The Kier molecular flexibility index (Phi) is 5.94. The lowest BCUT2D eigenvalue weighted by Gasteiger charge is -2.22. The van der Waals surface area contributed by atoms with Crippen LogP contribution in [-0.2, 0) is 22.6 Å². The summed E-state index contributed by atoms with van der Waals surface area (Å²) < 4.78 is 12.4. The Labute approximate surface area is 124 Å². The summed E-state index contributed by atoms with van der Waals surface area (Å²) in [6, 6.07) is -0.0892. The summed E-state index contributed by atoms with van der Waals surface area (Å²) in [5, 5.41) is 10.8. The van der Waals surface area contributed by atoms with Crippen molar-refractivity contribution in [2.24, 2.45) is 0 Å². The summed E-state index contributed by atoms with van der Waals surface area (Å²) in [6.45, 7) is 5.62. The van der Waals surface area contributed by atoms with E-state index in [4.69, 9.17) is 9.47 Å². The molecular formula is C13H23N5O3. The zero-order valence-corrected chi connectivity index (χ0v) is 12.6. The van der Waals surface area contributed by atoms with Crippen molar-refractivity contribution in [2.45, 2.75) is 32.5 Å². The fourth-order valence-corrected chi connectivity index (χ4v) is 2.24. The number of aromatic nitrogens is 3. The molecule has 1 aromatic rings. The van der Waals surface area contributed by atoms with E-state index in [-0.39, 0.29) is 12.1 Å². The Balaban J connectivity index is 1.84. The minimum Gasteiger partial charge on any atom is -0.383 e. The molecule has 0 spiro atoms. The predicted molar refractivity (Wildman–Crippen MR) is 75.7 cm³/mol. The van der Waals surface area contributed by atoms with Crippen molar-refractivity contribution in [1.29, 1.82) is 0 Å². The number of nitrogens with zero attached hydrogens (tertiary/aromatic N) is 4. The van der Waals surface area contributed by atoms with Crippen LogP contribution in [-0.4, -0.2) is 65.2 Å². The summed E-state index contributed by atoms with van der Waals surface area (Å²) in [5.74, 6) is 0.722. The molecule has 2 amide bonds. The molecule has 2 heterocycles. The first-order chi connectivity index (χ1) is 10.2. The minimum atomic E-state index is -0.0892. The Morgan fingerprint density at radius 3 is 3.29 bits per heavy atom. The maximum absolute atomic E-state index is 12.2. The Bertz CT molecular complexity index is 451. The van der Waals surface area contributed by atoms with Crippen molar-refractivity contribution in [3.63, 3.8) is 0 Å². The van der Waals surface area contributed by atoms with E-state index in [1.807, 2.05) is 11.5 Å². The molecule has 21 heavy (non-hydrogen) atoms. The van der Waals surface area contributed by atoms with Gasteiger partial charge in [0.25, 0.3) is 0 Å². The number of carbonyl (C=O) groups excluding carboxylic acids is 1. The van der Waals surface area contributed by atoms with Crippen LogP contribution in [0.5, 0.6) is 0 Å². The third-order valence-electron chi connectivity index (χ3n) is 3.37. The van der Waals surface area contributed by atoms with E-state index in [0.717, 1.165) is 12.2 Å². The molecule has 0 aliphatic carbocycles. The average molecular weight is 297 g/mol. The lowest BCUT2D eigenvalue weighted by molar-refractivity contribution is 0.0710. The van der Waals surface area contributed by atoms with Crippen LogP contribution in [0.15, 0.2) is 6.33 Å². The molecule has 1 aromatic heterocycles. The van der Waals surface area contributed by atoms with Gasteiger partial charge in [-0.25, -0.2) is 4.79 Å². The number of hydrogen-bond acceptors (Lipinski definition) is 5. The van der Waals surface area contributed by atoms with Crippen molar-refractivity contribution in [3.05, 3.63) is 12.2 Å². The standard InChI is InChI=1S/C13H23N5O3/c1-11-9-17(4-3-6-21-11)13(19)14-8-12-16-15-10-18(12)5-7-20-2/h10-11H,3-9H2,1-2H3,(H,14,19)/t11-/m0/s1. The van der Waals surface area contributed by atoms with Gasteiger partial charge in [-0.3, -0.25) is 0 Å². The van der Waals surface area contributed by atoms with Gasteiger partial charge in [-0.15, -0.1) is 10.2 Å².